The molecule has 6 heteroatoms. The van der Waals surface area contributed by atoms with Gasteiger partial charge in [0.1, 0.15) is 16.1 Å². The van der Waals surface area contributed by atoms with Crippen molar-refractivity contribution in [1.29, 1.82) is 0 Å². The van der Waals surface area contributed by atoms with E-state index in [1.165, 1.54) is 0 Å². The van der Waals surface area contributed by atoms with Crippen molar-refractivity contribution < 1.29 is 9.34 Å². The number of aryl methyl sites for hydroxylation is 1. The molecule has 0 atom stereocenters. The maximum Gasteiger partial charge on any atom is 0.442 e. The van der Waals surface area contributed by atoms with Gasteiger partial charge in [0, 0.05) is 11.9 Å². The van der Waals surface area contributed by atoms with Crippen LogP contribution in [0, 0.1) is 17.0 Å². The highest BCUT2D eigenvalue weighted by Crippen LogP contribution is 2.40. The van der Waals surface area contributed by atoms with Crippen molar-refractivity contribution in [2.75, 3.05) is 7.05 Å². The molecule has 3 rings (SSSR count). The molecule has 0 unspecified atom stereocenters. The Hall–Kier alpha value is -2.37. The van der Waals surface area contributed by atoms with Crippen LogP contribution in [-0.2, 0) is 6.54 Å². The molecule has 0 radical (unpaired) electrons. The van der Waals surface area contributed by atoms with Gasteiger partial charge in [0.25, 0.3) is 0 Å². The number of fused-ring (bicyclic) bond motifs is 1. The van der Waals surface area contributed by atoms with E-state index in [1.54, 1.807) is 6.07 Å². The molecule has 5 nitrogen and oxygen atoms in total. The Bertz CT molecular complexity index is 841. The highest BCUT2D eigenvalue weighted by atomic mass is 35.5. The van der Waals surface area contributed by atoms with Crippen LogP contribution in [-0.4, -0.2) is 12.0 Å². The third-order valence-electron chi connectivity index (χ3n) is 3.61. The van der Waals surface area contributed by atoms with Crippen LogP contribution in [0.1, 0.15) is 11.1 Å². The highest BCUT2D eigenvalue weighted by Gasteiger charge is 2.25. The molecule has 120 valence electrons. The van der Waals surface area contributed by atoms with Crippen molar-refractivity contribution in [3.63, 3.8) is 0 Å². The van der Waals surface area contributed by atoms with E-state index in [0.717, 1.165) is 28.6 Å². The molecule has 0 saturated carbocycles. The summed E-state index contributed by atoms with van der Waals surface area (Å²) in [5.74, 6) is -0.207. The van der Waals surface area contributed by atoms with Gasteiger partial charge in [-0.15, -0.1) is 12.4 Å². The van der Waals surface area contributed by atoms with E-state index in [-0.39, 0.29) is 18.3 Å². The van der Waals surface area contributed by atoms with Crippen molar-refractivity contribution in [3.8, 4) is 11.1 Å². The Morgan fingerprint density at radius 3 is 2.48 bits per heavy atom. The third-order valence-corrected chi connectivity index (χ3v) is 3.61. The quantitative estimate of drug-likeness (QED) is 0.566. The van der Waals surface area contributed by atoms with Crippen molar-refractivity contribution in [1.82, 2.24) is 5.32 Å². The Labute approximate surface area is 139 Å². The molecule has 0 saturated heterocycles. The zero-order chi connectivity index (χ0) is 15.7. The van der Waals surface area contributed by atoms with Crippen molar-refractivity contribution in [2.24, 2.45) is 0 Å². The Morgan fingerprint density at radius 1 is 1.17 bits per heavy atom. The van der Waals surface area contributed by atoms with Crippen LogP contribution >= 0.6 is 12.4 Å². The van der Waals surface area contributed by atoms with Crippen LogP contribution in [0.3, 0.4) is 0 Å². The first kappa shape index (κ1) is 17.0. The second-order valence-electron chi connectivity index (χ2n) is 5.27. The fourth-order valence-electron chi connectivity index (χ4n) is 2.60. The highest BCUT2D eigenvalue weighted by molar-refractivity contribution is 5.98. The topological polar surface area (TPSA) is 68.3 Å². The molecule has 1 heterocycles. The van der Waals surface area contributed by atoms with Gasteiger partial charge in [-0.25, -0.2) is 0 Å². The molecule has 0 spiro atoms. The first-order valence-corrected chi connectivity index (χ1v) is 7.01. The van der Waals surface area contributed by atoms with E-state index < -0.39 is 4.92 Å². The molecule has 0 bridgehead atoms. The van der Waals surface area contributed by atoms with E-state index in [1.807, 2.05) is 50.4 Å². The Morgan fingerprint density at radius 2 is 1.87 bits per heavy atom. The van der Waals surface area contributed by atoms with Gasteiger partial charge in [-0.1, -0.05) is 35.9 Å². The lowest BCUT2D eigenvalue weighted by Gasteiger charge is -2.03. The SMILES string of the molecule is CNCc1ccc(-c2c([N+](=O)[O-])oc3ccc(C)cc23)cc1.Cl. The van der Waals surface area contributed by atoms with Gasteiger partial charge in [0.15, 0.2) is 0 Å². The number of nitrogens with zero attached hydrogens (tertiary/aromatic N) is 1. The molecular weight excluding hydrogens is 316 g/mol. The molecule has 1 aromatic heterocycles. The van der Waals surface area contributed by atoms with Gasteiger partial charge >= 0.3 is 5.88 Å². The average Bonchev–Trinajstić information content (AvgIpc) is 2.87. The van der Waals surface area contributed by atoms with E-state index in [9.17, 15) is 10.1 Å². The number of rotatable bonds is 4. The lowest BCUT2D eigenvalue weighted by atomic mass is 10.0. The Kier molecular flexibility index (Phi) is 5.03. The minimum Gasteiger partial charge on any atom is -0.400 e. The summed E-state index contributed by atoms with van der Waals surface area (Å²) >= 11 is 0. The van der Waals surface area contributed by atoms with Gasteiger partial charge < -0.3 is 9.73 Å². The summed E-state index contributed by atoms with van der Waals surface area (Å²) in [4.78, 5) is 10.9. The van der Waals surface area contributed by atoms with Crippen molar-refractivity contribution in [2.45, 2.75) is 13.5 Å². The maximum absolute atomic E-state index is 11.3. The molecule has 23 heavy (non-hydrogen) atoms. The summed E-state index contributed by atoms with van der Waals surface area (Å²) in [6, 6.07) is 13.3. The number of hydrogen-bond donors (Lipinski definition) is 1. The summed E-state index contributed by atoms with van der Waals surface area (Å²) in [7, 11) is 1.88. The number of benzene rings is 2. The number of nitro groups is 1. The third kappa shape index (κ3) is 3.21. The fourth-order valence-corrected chi connectivity index (χ4v) is 2.60. The number of nitrogens with one attached hydrogen (secondary N) is 1. The largest absolute Gasteiger partial charge is 0.442 e. The molecule has 0 fully saturated rings. The molecule has 0 aliphatic heterocycles. The van der Waals surface area contributed by atoms with E-state index >= 15 is 0 Å². The second-order valence-corrected chi connectivity index (χ2v) is 5.27. The van der Waals surface area contributed by atoms with Gasteiger partial charge in [-0.2, -0.15) is 0 Å². The summed E-state index contributed by atoms with van der Waals surface area (Å²) in [6.45, 7) is 2.71. The summed E-state index contributed by atoms with van der Waals surface area (Å²) in [5.41, 5.74) is 4.02. The fraction of sp³-hybridized carbons (Fsp3) is 0.176. The van der Waals surface area contributed by atoms with Gasteiger partial charge in [0.2, 0.25) is 0 Å². The summed E-state index contributed by atoms with van der Waals surface area (Å²) < 4.78 is 5.44. The monoisotopic (exact) mass is 332 g/mol. The van der Waals surface area contributed by atoms with Crippen LogP contribution in [0.25, 0.3) is 22.1 Å². The number of halogens is 1. The number of furan rings is 1. The molecule has 1 N–H and O–H groups in total. The minimum absolute atomic E-state index is 0. The average molecular weight is 333 g/mol. The summed E-state index contributed by atoms with van der Waals surface area (Å²) in [5, 5.41) is 15.2. The maximum atomic E-state index is 11.3. The molecule has 0 aliphatic rings. The van der Waals surface area contributed by atoms with Crippen LogP contribution in [0.5, 0.6) is 0 Å². The smallest absolute Gasteiger partial charge is 0.400 e. The molecular formula is C17H17ClN2O3. The van der Waals surface area contributed by atoms with Gasteiger partial charge in [-0.05, 0) is 37.2 Å². The second kappa shape index (κ2) is 6.81. The van der Waals surface area contributed by atoms with Crippen LogP contribution in [0.2, 0.25) is 0 Å². The van der Waals surface area contributed by atoms with Crippen molar-refractivity contribution >= 4 is 29.3 Å². The number of hydrogen-bond acceptors (Lipinski definition) is 4. The first-order valence-electron chi connectivity index (χ1n) is 7.01. The van der Waals surface area contributed by atoms with Gasteiger partial charge in [-0.3, -0.25) is 10.1 Å². The van der Waals surface area contributed by atoms with Crippen LogP contribution < -0.4 is 5.32 Å². The van der Waals surface area contributed by atoms with E-state index in [4.69, 9.17) is 4.42 Å². The van der Waals surface area contributed by atoms with Crippen LogP contribution in [0.15, 0.2) is 46.9 Å². The first-order chi connectivity index (χ1) is 10.6. The predicted molar refractivity (Wildman–Crippen MR) is 93.1 cm³/mol. The lowest BCUT2D eigenvalue weighted by Crippen LogP contribution is -2.04. The Balaban J connectivity index is 0.00000192. The van der Waals surface area contributed by atoms with Crippen molar-refractivity contribution in [3.05, 3.63) is 63.7 Å². The zero-order valence-electron chi connectivity index (χ0n) is 12.8. The molecule has 2 aromatic carbocycles. The molecule has 0 amide bonds. The normalized spacial score (nSPS) is 10.5. The van der Waals surface area contributed by atoms with E-state index in [2.05, 4.69) is 5.32 Å². The zero-order valence-corrected chi connectivity index (χ0v) is 13.6. The minimum atomic E-state index is -0.466. The molecule has 3 aromatic rings. The predicted octanol–water partition coefficient (Wildman–Crippen LogP) is 4.46. The summed E-state index contributed by atoms with van der Waals surface area (Å²) in [6.07, 6.45) is 0. The molecule has 0 aliphatic carbocycles. The van der Waals surface area contributed by atoms with Gasteiger partial charge in [0.05, 0.1) is 0 Å². The van der Waals surface area contributed by atoms with Crippen LogP contribution in [0.4, 0.5) is 5.88 Å². The lowest BCUT2D eigenvalue weighted by molar-refractivity contribution is -0.400. The van der Waals surface area contributed by atoms with E-state index in [0.29, 0.717) is 11.1 Å². The standard InChI is InChI=1S/C17H16N2O3.ClH/c1-11-3-8-15-14(9-11)16(17(22-15)19(20)21)13-6-4-12(5-7-13)10-18-2;/h3-9,18H,10H2,1-2H3;1H.